The number of hydrogen-bond acceptors (Lipinski definition) is 4. The molecule has 1 heterocycles. The minimum Gasteiger partial charge on any atom is -0.493 e. The predicted octanol–water partition coefficient (Wildman–Crippen LogP) is 2.72. The van der Waals surface area contributed by atoms with Gasteiger partial charge in [-0.05, 0) is 36.2 Å². The van der Waals surface area contributed by atoms with Crippen molar-refractivity contribution in [2.75, 3.05) is 19.4 Å². The second-order valence-corrected chi connectivity index (χ2v) is 8.51. The molecule has 1 atom stereocenters. The monoisotopic (exact) mass is 379 g/mol. The smallest absolute Gasteiger partial charge is 0.251 e. The van der Waals surface area contributed by atoms with Gasteiger partial charge in [-0.2, -0.15) is 0 Å². The number of benzene rings is 2. The molecule has 3 rings (SSSR count). The molecule has 0 fully saturated rings. The minimum absolute atomic E-state index is 0.0447. The summed E-state index contributed by atoms with van der Waals surface area (Å²) in [7, 11) is -3.49. The molecule has 2 aromatic rings. The van der Waals surface area contributed by atoms with Crippen molar-refractivity contribution in [1.29, 1.82) is 0 Å². The van der Waals surface area contributed by atoms with E-state index in [-0.39, 0.29) is 27.3 Å². The SMILES string of the molecule is CS(=O)(=O)c1cc(C(=O)NCC2COc3ccccc3C2)ccc1Cl. The molecule has 0 saturated heterocycles. The van der Waals surface area contributed by atoms with E-state index in [1.807, 2.05) is 24.3 Å². The molecule has 1 aliphatic heterocycles. The van der Waals surface area contributed by atoms with Crippen LogP contribution >= 0.6 is 11.6 Å². The van der Waals surface area contributed by atoms with Crippen LogP contribution in [0.15, 0.2) is 47.4 Å². The first kappa shape index (κ1) is 17.8. The van der Waals surface area contributed by atoms with Gasteiger partial charge >= 0.3 is 0 Å². The summed E-state index contributed by atoms with van der Waals surface area (Å²) >= 11 is 5.90. The van der Waals surface area contributed by atoms with Crippen molar-refractivity contribution in [3.8, 4) is 5.75 Å². The molecular formula is C18H18ClNO4S. The predicted molar refractivity (Wildman–Crippen MR) is 96.0 cm³/mol. The van der Waals surface area contributed by atoms with Crippen molar-refractivity contribution in [1.82, 2.24) is 5.32 Å². The number of ether oxygens (including phenoxy) is 1. The molecule has 0 radical (unpaired) electrons. The van der Waals surface area contributed by atoms with Crippen molar-refractivity contribution < 1.29 is 17.9 Å². The molecule has 0 bridgehead atoms. The number of nitrogens with one attached hydrogen (secondary N) is 1. The van der Waals surface area contributed by atoms with E-state index in [1.54, 1.807) is 0 Å². The lowest BCUT2D eigenvalue weighted by Gasteiger charge is -2.25. The standard InChI is InChI=1S/C18H18ClNO4S/c1-25(22,23)17-9-14(6-7-15(17)19)18(21)20-10-12-8-13-4-2-3-5-16(13)24-11-12/h2-7,9,12H,8,10-11H2,1H3,(H,20,21). The third-order valence-electron chi connectivity index (χ3n) is 4.10. The second kappa shape index (κ2) is 7.06. The Balaban J connectivity index is 1.66. The summed E-state index contributed by atoms with van der Waals surface area (Å²) in [6.45, 7) is 0.983. The highest BCUT2D eigenvalue weighted by Gasteiger charge is 2.21. The number of halogens is 1. The van der Waals surface area contributed by atoms with Crippen molar-refractivity contribution in [3.05, 3.63) is 58.6 Å². The van der Waals surface area contributed by atoms with E-state index < -0.39 is 9.84 Å². The number of amides is 1. The van der Waals surface area contributed by atoms with Gasteiger partial charge in [-0.3, -0.25) is 4.79 Å². The number of rotatable bonds is 4. The average molecular weight is 380 g/mol. The van der Waals surface area contributed by atoms with Crippen LogP contribution in [0.1, 0.15) is 15.9 Å². The fourth-order valence-electron chi connectivity index (χ4n) is 2.79. The quantitative estimate of drug-likeness (QED) is 0.886. The van der Waals surface area contributed by atoms with E-state index in [0.717, 1.165) is 24.0 Å². The van der Waals surface area contributed by atoms with Crippen LogP contribution in [0.25, 0.3) is 0 Å². The summed E-state index contributed by atoms with van der Waals surface area (Å²) < 4.78 is 29.1. The highest BCUT2D eigenvalue weighted by Crippen LogP contribution is 2.26. The highest BCUT2D eigenvalue weighted by molar-refractivity contribution is 7.90. The van der Waals surface area contributed by atoms with E-state index in [4.69, 9.17) is 16.3 Å². The molecule has 0 aliphatic carbocycles. The normalized spacial score (nSPS) is 16.6. The summed E-state index contributed by atoms with van der Waals surface area (Å²) in [5.41, 5.74) is 1.39. The molecule has 7 heteroatoms. The maximum atomic E-state index is 12.3. The van der Waals surface area contributed by atoms with Crippen LogP contribution in [-0.2, 0) is 16.3 Å². The average Bonchev–Trinajstić information content (AvgIpc) is 2.59. The van der Waals surface area contributed by atoms with Crippen LogP contribution in [0.4, 0.5) is 0 Å². The van der Waals surface area contributed by atoms with Gasteiger partial charge in [0.15, 0.2) is 9.84 Å². The van der Waals surface area contributed by atoms with Gasteiger partial charge in [0, 0.05) is 24.3 Å². The third kappa shape index (κ3) is 4.14. The van der Waals surface area contributed by atoms with Gasteiger partial charge in [0.25, 0.3) is 5.91 Å². The largest absolute Gasteiger partial charge is 0.493 e. The number of carbonyl (C=O) groups excluding carboxylic acids is 1. The number of para-hydroxylation sites is 1. The summed E-state index contributed by atoms with van der Waals surface area (Å²) in [4.78, 5) is 12.3. The van der Waals surface area contributed by atoms with Crippen molar-refractivity contribution in [2.24, 2.45) is 5.92 Å². The first-order valence-electron chi connectivity index (χ1n) is 7.83. The lowest BCUT2D eigenvalue weighted by atomic mass is 9.96. The summed E-state index contributed by atoms with van der Waals surface area (Å²) in [5, 5.41) is 2.95. The van der Waals surface area contributed by atoms with E-state index >= 15 is 0 Å². The van der Waals surface area contributed by atoms with Gasteiger partial charge in [0.05, 0.1) is 16.5 Å². The molecular weight excluding hydrogens is 362 g/mol. The molecule has 0 aromatic heterocycles. The molecule has 0 spiro atoms. The Morgan fingerprint density at radius 2 is 2.04 bits per heavy atom. The van der Waals surface area contributed by atoms with Gasteiger partial charge in [-0.1, -0.05) is 29.8 Å². The Morgan fingerprint density at radius 3 is 2.80 bits per heavy atom. The van der Waals surface area contributed by atoms with Crippen LogP contribution in [-0.4, -0.2) is 33.7 Å². The van der Waals surface area contributed by atoms with Crippen molar-refractivity contribution >= 4 is 27.3 Å². The zero-order valence-corrected chi connectivity index (χ0v) is 15.2. The molecule has 1 aliphatic rings. The molecule has 25 heavy (non-hydrogen) atoms. The van der Waals surface area contributed by atoms with Crippen LogP contribution in [0.3, 0.4) is 0 Å². The molecule has 1 amide bonds. The van der Waals surface area contributed by atoms with Gasteiger partial charge in [-0.25, -0.2) is 8.42 Å². The van der Waals surface area contributed by atoms with E-state index in [1.165, 1.54) is 18.2 Å². The van der Waals surface area contributed by atoms with Gasteiger partial charge in [-0.15, -0.1) is 0 Å². The highest BCUT2D eigenvalue weighted by atomic mass is 35.5. The van der Waals surface area contributed by atoms with Gasteiger partial charge in [0.2, 0.25) is 0 Å². The summed E-state index contributed by atoms with van der Waals surface area (Å²) in [5.74, 6) is 0.724. The maximum Gasteiger partial charge on any atom is 0.251 e. The zero-order chi connectivity index (χ0) is 18.0. The Morgan fingerprint density at radius 1 is 1.28 bits per heavy atom. The van der Waals surface area contributed by atoms with Gasteiger partial charge < -0.3 is 10.1 Å². The zero-order valence-electron chi connectivity index (χ0n) is 13.7. The number of sulfone groups is 1. The first-order chi connectivity index (χ1) is 11.8. The molecule has 1 N–H and O–H groups in total. The van der Waals surface area contributed by atoms with Crippen molar-refractivity contribution in [3.63, 3.8) is 0 Å². The van der Waals surface area contributed by atoms with E-state index in [0.29, 0.717) is 13.2 Å². The summed E-state index contributed by atoms with van der Waals surface area (Å²) in [6, 6.07) is 12.1. The fourth-order valence-corrected chi connectivity index (χ4v) is 4.09. The lowest BCUT2D eigenvalue weighted by Crippen LogP contribution is -2.34. The molecule has 132 valence electrons. The molecule has 5 nitrogen and oxygen atoms in total. The fraction of sp³-hybridized carbons (Fsp3) is 0.278. The Bertz CT molecular complexity index is 911. The second-order valence-electron chi connectivity index (χ2n) is 6.12. The van der Waals surface area contributed by atoms with Crippen molar-refractivity contribution in [2.45, 2.75) is 11.3 Å². The molecule has 1 unspecified atom stereocenters. The lowest BCUT2D eigenvalue weighted by molar-refractivity contribution is 0.0939. The number of carbonyl (C=O) groups is 1. The third-order valence-corrected chi connectivity index (χ3v) is 5.68. The number of fused-ring (bicyclic) bond motifs is 1. The molecule has 0 saturated carbocycles. The van der Waals surface area contributed by atoms with Crippen LogP contribution < -0.4 is 10.1 Å². The van der Waals surface area contributed by atoms with Crippen LogP contribution in [0.5, 0.6) is 5.75 Å². The first-order valence-corrected chi connectivity index (χ1v) is 10.1. The summed E-state index contributed by atoms with van der Waals surface area (Å²) in [6.07, 6.45) is 1.89. The Kier molecular flexibility index (Phi) is 5.01. The van der Waals surface area contributed by atoms with Crippen LogP contribution in [0.2, 0.25) is 5.02 Å². The van der Waals surface area contributed by atoms with Crippen LogP contribution in [0, 0.1) is 5.92 Å². The Hall–Kier alpha value is -2.05. The number of hydrogen-bond donors (Lipinski definition) is 1. The Labute approximate surface area is 151 Å². The topological polar surface area (TPSA) is 72.5 Å². The van der Waals surface area contributed by atoms with E-state index in [2.05, 4.69) is 5.32 Å². The maximum absolute atomic E-state index is 12.3. The van der Waals surface area contributed by atoms with Gasteiger partial charge in [0.1, 0.15) is 5.75 Å². The van der Waals surface area contributed by atoms with E-state index in [9.17, 15) is 13.2 Å². The minimum atomic E-state index is -3.49. The molecule has 2 aromatic carbocycles.